The Morgan fingerprint density at radius 1 is 1.24 bits per heavy atom. The molecule has 0 amide bonds. The smallest absolute Gasteiger partial charge is 0.391 e. The monoisotopic (exact) mass is 247 g/mol. The number of benzene rings is 1. The van der Waals surface area contributed by atoms with E-state index < -0.39 is 18.7 Å². The van der Waals surface area contributed by atoms with Crippen LogP contribution < -0.4 is 0 Å². The lowest BCUT2D eigenvalue weighted by molar-refractivity contribution is -0.155. The maximum atomic E-state index is 12.0. The lowest BCUT2D eigenvalue weighted by Crippen LogP contribution is -2.32. The molecular formula is C12H16F3NO. The molecule has 0 fully saturated rings. The molecule has 1 unspecified atom stereocenters. The highest BCUT2D eigenvalue weighted by Crippen LogP contribution is 2.21. The van der Waals surface area contributed by atoms with Crippen LogP contribution in [0.2, 0.25) is 0 Å². The van der Waals surface area contributed by atoms with E-state index in [1.807, 2.05) is 30.3 Å². The van der Waals surface area contributed by atoms with Crippen molar-refractivity contribution in [2.45, 2.75) is 25.2 Å². The summed E-state index contributed by atoms with van der Waals surface area (Å²) in [5, 5.41) is 9.27. The summed E-state index contributed by atoms with van der Waals surface area (Å²) in [5.74, 6) is 0. The van der Waals surface area contributed by atoms with E-state index in [1.54, 1.807) is 11.9 Å². The largest absolute Gasteiger partial charge is 0.391 e. The van der Waals surface area contributed by atoms with Crippen molar-refractivity contribution >= 4 is 0 Å². The summed E-state index contributed by atoms with van der Waals surface area (Å²) in [5.41, 5.74) is 1.01. The first kappa shape index (κ1) is 14.0. The van der Waals surface area contributed by atoms with Gasteiger partial charge in [-0.1, -0.05) is 30.3 Å². The van der Waals surface area contributed by atoms with Crippen molar-refractivity contribution < 1.29 is 18.3 Å². The fraction of sp³-hybridized carbons (Fsp3) is 0.500. The SMILES string of the molecule is CN(Cc1ccccc1)CC(O)CC(F)(F)F. The highest BCUT2D eigenvalue weighted by Gasteiger charge is 2.31. The summed E-state index contributed by atoms with van der Waals surface area (Å²) >= 11 is 0. The maximum absolute atomic E-state index is 12.0. The zero-order valence-corrected chi connectivity index (χ0v) is 9.61. The van der Waals surface area contributed by atoms with E-state index in [0.29, 0.717) is 6.54 Å². The summed E-state index contributed by atoms with van der Waals surface area (Å²) in [6, 6.07) is 9.41. The lowest BCUT2D eigenvalue weighted by Gasteiger charge is -2.21. The van der Waals surface area contributed by atoms with Gasteiger partial charge in [0, 0.05) is 13.1 Å². The average Bonchev–Trinajstić information content (AvgIpc) is 2.15. The molecule has 0 bridgehead atoms. The molecule has 96 valence electrons. The number of alkyl halides is 3. The maximum Gasteiger partial charge on any atom is 0.391 e. The van der Waals surface area contributed by atoms with Crippen molar-refractivity contribution in [3.8, 4) is 0 Å². The number of hydrogen-bond acceptors (Lipinski definition) is 2. The number of halogens is 3. The Balaban J connectivity index is 2.37. The Hall–Kier alpha value is -1.07. The highest BCUT2D eigenvalue weighted by molar-refractivity contribution is 5.14. The minimum atomic E-state index is -4.31. The van der Waals surface area contributed by atoms with Crippen LogP contribution >= 0.6 is 0 Å². The molecule has 0 heterocycles. The van der Waals surface area contributed by atoms with Crippen LogP contribution in [0.1, 0.15) is 12.0 Å². The van der Waals surface area contributed by atoms with E-state index >= 15 is 0 Å². The molecule has 0 saturated heterocycles. The van der Waals surface area contributed by atoms with Crippen molar-refractivity contribution in [3.05, 3.63) is 35.9 Å². The van der Waals surface area contributed by atoms with Gasteiger partial charge in [-0.05, 0) is 12.6 Å². The minimum absolute atomic E-state index is 0.00834. The molecule has 0 aliphatic heterocycles. The molecule has 0 spiro atoms. The minimum Gasteiger partial charge on any atom is -0.391 e. The number of aliphatic hydroxyl groups excluding tert-OH is 1. The van der Waals surface area contributed by atoms with Crippen LogP contribution in [0.3, 0.4) is 0 Å². The van der Waals surface area contributed by atoms with Crippen LogP contribution in [0.25, 0.3) is 0 Å². The van der Waals surface area contributed by atoms with Crippen LogP contribution in [-0.4, -0.2) is 35.9 Å². The molecule has 1 aromatic rings. The van der Waals surface area contributed by atoms with E-state index in [2.05, 4.69) is 0 Å². The number of nitrogens with zero attached hydrogens (tertiary/aromatic N) is 1. The van der Waals surface area contributed by atoms with Crippen molar-refractivity contribution in [1.82, 2.24) is 4.90 Å². The predicted octanol–water partition coefficient (Wildman–Crippen LogP) is 2.43. The van der Waals surface area contributed by atoms with Crippen molar-refractivity contribution in [2.75, 3.05) is 13.6 Å². The first-order valence-corrected chi connectivity index (χ1v) is 5.34. The van der Waals surface area contributed by atoms with Crippen LogP contribution in [-0.2, 0) is 6.54 Å². The molecule has 1 atom stereocenters. The van der Waals surface area contributed by atoms with Gasteiger partial charge < -0.3 is 5.11 Å². The fourth-order valence-electron chi connectivity index (χ4n) is 1.65. The summed E-state index contributed by atoms with van der Waals surface area (Å²) in [7, 11) is 1.69. The molecule has 0 aromatic heterocycles. The standard InChI is InChI=1S/C12H16F3NO/c1-16(8-10-5-3-2-4-6-10)9-11(17)7-12(13,14)15/h2-6,11,17H,7-9H2,1H3. The molecule has 2 nitrogen and oxygen atoms in total. The van der Waals surface area contributed by atoms with Gasteiger partial charge in [-0.15, -0.1) is 0 Å². The Labute approximate surface area is 98.7 Å². The molecule has 0 aliphatic carbocycles. The molecule has 0 aliphatic rings. The third-order valence-electron chi connectivity index (χ3n) is 2.28. The molecule has 0 saturated carbocycles. The third-order valence-corrected chi connectivity index (χ3v) is 2.28. The van der Waals surface area contributed by atoms with Gasteiger partial charge in [0.05, 0.1) is 12.5 Å². The molecule has 1 rings (SSSR count). The predicted molar refractivity (Wildman–Crippen MR) is 59.5 cm³/mol. The summed E-state index contributed by atoms with van der Waals surface area (Å²) in [6.45, 7) is 0.532. The van der Waals surface area contributed by atoms with Gasteiger partial charge in [0.2, 0.25) is 0 Å². The Morgan fingerprint density at radius 3 is 2.35 bits per heavy atom. The van der Waals surface area contributed by atoms with Gasteiger partial charge in [0.25, 0.3) is 0 Å². The molecule has 1 N–H and O–H groups in total. The van der Waals surface area contributed by atoms with E-state index in [9.17, 15) is 18.3 Å². The molecule has 5 heteroatoms. The zero-order valence-electron chi connectivity index (χ0n) is 9.61. The summed E-state index contributed by atoms with van der Waals surface area (Å²) < 4.78 is 36.0. The fourth-order valence-corrected chi connectivity index (χ4v) is 1.65. The topological polar surface area (TPSA) is 23.5 Å². The van der Waals surface area contributed by atoms with Crippen LogP contribution in [0.15, 0.2) is 30.3 Å². The van der Waals surface area contributed by atoms with Crippen molar-refractivity contribution in [3.63, 3.8) is 0 Å². The van der Waals surface area contributed by atoms with Gasteiger partial charge in [-0.2, -0.15) is 13.2 Å². The second kappa shape index (κ2) is 6.02. The van der Waals surface area contributed by atoms with Gasteiger partial charge in [-0.3, -0.25) is 4.90 Å². The second-order valence-electron chi connectivity index (χ2n) is 4.16. The molecular weight excluding hydrogens is 231 g/mol. The van der Waals surface area contributed by atoms with Crippen LogP contribution in [0.5, 0.6) is 0 Å². The summed E-state index contributed by atoms with van der Waals surface area (Å²) in [6.07, 6.45) is -6.84. The first-order chi connectivity index (χ1) is 7.87. The Kier molecular flexibility index (Phi) is 4.96. The van der Waals surface area contributed by atoms with Gasteiger partial charge in [-0.25, -0.2) is 0 Å². The van der Waals surface area contributed by atoms with E-state index in [0.717, 1.165) is 5.56 Å². The van der Waals surface area contributed by atoms with E-state index in [1.165, 1.54) is 0 Å². The zero-order chi connectivity index (χ0) is 12.9. The number of hydrogen-bond donors (Lipinski definition) is 1. The summed E-state index contributed by atoms with van der Waals surface area (Å²) in [4.78, 5) is 1.67. The van der Waals surface area contributed by atoms with E-state index in [4.69, 9.17) is 0 Å². The molecule has 17 heavy (non-hydrogen) atoms. The van der Waals surface area contributed by atoms with Crippen LogP contribution in [0.4, 0.5) is 13.2 Å². The van der Waals surface area contributed by atoms with Crippen molar-refractivity contribution in [2.24, 2.45) is 0 Å². The van der Waals surface area contributed by atoms with Gasteiger partial charge >= 0.3 is 6.18 Å². The first-order valence-electron chi connectivity index (χ1n) is 5.34. The highest BCUT2D eigenvalue weighted by atomic mass is 19.4. The van der Waals surface area contributed by atoms with Crippen LogP contribution in [0, 0.1) is 0 Å². The third kappa shape index (κ3) is 6.28. The number of aliphatic hydroxyl groups is 1. The van der Waals surface area contributed by atoms with Gasteiger partial charge in [0.1, 0.15) is 0 Å². The molecule has 0 radical (unpaired) electrons. The van der Waals surface area contributed by atoms with Crippen molar-refractivity contribution in [1.29, 1.82) is 0 Å². The molecule has 1 aromatic carbocycles. The van der Waals surface area contributed by atoms with Gasteiger partial charge in [0.15, 0.2) is 0 Å². The number of rotatable bonds is 5. The quantitative estimate of drug-likeness (QED) is 0.863. The average molecular weight is 247 g/mol. The lowest BCUT2D eigenvalue weighted by atomic mass is 10.2. The van der Waals surface area contributed by atoms with E-state index in [-0.39, 0.29) is 6.54 Å². The second-order valence-corrected chi connectivity index (χ2v) is 4.16. The Morgan fingerprint density at radius 2 is 1.82 bits per heavy atom. The number of likely N-dealkylation sites (N-methyl/N-ethyl adjacent to an activating group) is 1. The Bertz CT molecular complexity index is 326. The normalized spacial score (nSPS) is 14.0.